The fraction of sp³-hybridized carbons (Fsp3) is 0.588. The summed E-state index contributed by atoms with van der Waals surface area (Å²) in [5.74, 6) is 0.863. The molecule has 0 radical (unpaired) electrons. The molecule has 0 aliphatic carbocycles. The zero-order chi connectivity index (χ0) is 14.7. The summed E-state index contributed by atoms with van der Waals surface area (Å²) in [7, 11) is 0. The highest BCUT2D eigenvalue weighted by Crippen LogP contribution is 2.29. The Kier molecular flexibility index (Phi) is 4.81. The third-order valence-electron chi connectivity index (χ3n) is 4.09. The second-order valence-electron chi connectivity index (χ2n) is 6.10. The Balaban J connectivity index is 2.24. The molecule has 0 saturated carbocycles. The van der Waals surface area contributed by atoms with Crippen molar-refractivity contribution >= 4 is 5.91 Å². The largest absolute Gasteiger partial charge is 0.322 e. The van der Waals surface area contributed by atoms with Gasteiger partial charge in [-0.25, -0.2) is 0 Å². The van der Waals surface area contributed by atoms with E-state index < -0.39 is 0 Å². The standard InChI is InChI=1S/C17H26N2O/c1-5-15-17(20)19(11-10-12(2)3)16(18-15)14-9-7-6-8-13(14)4/h6-9,12,15-16,18H,5,10-11H2,1-4H3. The molecule has 1 N–H and O–H groups in total. The van der Waals surface area contributed by atoms with Gasteiger partial charge >= 0.3 is 0 Å². The molecular weight excluding hydrogens is 248 g/mol. The lowest BCUT2D eigenvalue weighted by molar-refractivity contribution is -0.130. The highest BCUT2D eigenvalue weighted by atomic mass is 16.2. The van der Waals surface area contributed by atoms with Crippen LogP contribution in [0.5, 0.6) is 0 Å². The molecule has 3 heteroatoms. The summed E-state index contributed by atoms with van der Waals surface area (Å²) in [6.07, 6.45) is 1.93. The minimum Gasteiger partial charge on any atom is -0.322 e. The van der Waals surface area contributed by atoms with Gasteiger partial charge in [-0.05, 0) is 36.8 Å². The van der Waals surface area contributed by atoms with Gasteiger partial charge in [-0.3, -0.25) is 10.1 Å². The molecule has 1 saturated heterocycles. The van der Waals surface area contributed by atoms with Crippen LogP contribution in [0.3, 0.4) is 0 Å². The molecule has 2 unspecified atom stereocenters. The van der Waals surface area contributed by atoms with Crippen molar-refractivity contribution in [1.82, 2.24) is 10.2 Å². The molecule has 0 aromatic heterocycles. The number of benzene rings is 1. The summed E-state index contributed by atoms with van der Waals surface area (Å²) >= 11 is 0. The molecule has 2 atom stereocenters. The Morgan fingerprint density at radius 2 is 2.00 bits per heavy atom. The lowest BCUT2D eigenvalue weighted by Gasteiger charge is -2.26. The smallest absolute Gasteiger partial charge is 0.241 e. The average molecular weight is 274 g/mol. The van der Waals surface area contributed by atoms with Gasteiger partial charge in [0.25, 0.3) is 0 Å². The average Bonchev–Trinajstić information content (AvgIpc) is 2.73. The van der Waals surface area contributed by atoms with Crippen LogP contribution in [0.4, 0.5) is 0 Å². The van der Waals surface area contributed by atoms with Crippen LogP contribution >= 0.6 is 0 Å². The van der Waals surface area contributed by atoms with E-state index in [1.807, 2.05) is 17.0 Å². The lowest BCUT2D eigenvalue weighted by atomic mass is 10.1. The summed E-state index contributed by atoms with van der Waals surface area (Å²) in [6.45, 7) is 9.42. The van der Waals surface area contributed by atoms with Crippen molar-refractivity contribution in [3.8, 4) is 0 Å². The number of carbonyl (C=O) groups is 1. The van der Waals surface area contributed by atoms with Crippen LogP contribution in [-0.4, -0.2) is 23.4 Å². The van der Waals surface area contributed by atoms with Crippen molar-refractivity contribution in [1.29, 1.82) is 0 Å². The molecular formula is C17H26N2O. The number of aryl methyl sites for hydroxylation is 1. The van der Waals surface area contributed by atoms with E-state index in [4.69, 9.17) is 0 Å². The van der Waals surface area contributed by atoms with E-state index in [1.165, 1.54) is 11.1 Å². The number of amides is 1. The first-order valence-corrected chi connectivity index (χ1v) is 7.66. The van der Waals surface area contributed by atoms with Crippen LogP contribution in [0.1, 0.15) is 50.9 Å². The first kappa shape index (κ1) is 15.0. The lowest BCUT2D eigenvalue weighted by Crippen LogP contribution is -2.32. The first-order valence-electron chi connectivity index (χ1n) is 7.66. The molecule has 1 aromatic rings. The van der Waals surface area contributed by atoms with Gasteiger partial charge in [0.1, 0.15) is 6.17 Å². The van der Waals surface area contributed by atoms with Crippen LogP contribution < -0.4 is 5.32 Å². The summed E-state index contributed by atoms with van der Waals surface area (Å²) in [6, 6.07) is 8.30. The van der Waals surface area contributed by atoms with Gasteiger partial charge in [0.15, 0.2) is 0 Å². The maximum absolute atomic E-state index is 12.5. The van der Waals surface area contributed by atoms with Crippen molar-refractivity contribution in [2.45, 2.75) is 52.7 Å². The molecule has 1 aromatic carbocycles. The van der Waals surface area contributed by atoms with Crippen molar-refractivity contribution in [2.75, 3.05) is 6.54 Å². The number of rotatable bonds is 5. The van der Waals surface area contributed by atoms with E-state index >= 15 is 0 Å². The van der Waals surface area contributed by atoms with Crippen molar-refractivity contribution in [2.24, 2.45) is 5.92 Å². The monoisotopic (exact) mass is 274 g/mol. The van der Waals surface area contributed by atoms with E-state index in [0.29, 0.717) is 5.92 Å². The van der Waals surface area contributed by atoms with Crippen LogP contribution in [0.15, 0.2) is 24.3 Å². The second-order valence-corrected chi connectivity index (χ2v) is 6.10. The van der Waals surface area contributed by atoms with Crippen molar-refractivity contribution < 1.29 is 4.79 Å². The van der Waals surface area contributed by atoms with E-state index in [1.54, 1.807) is 0 Å². The Bertz CT molecular complexity index is 470. The van der Waals surface area contributed by atoms with Gasteiger partial charge in [0.2, 0.25) is 5.91 Å². The topological polar surface area (TPSA) is 32.3 Å². The summed E-state index contributed by atoms with van der Waals surface area (Å²) in [5, 5.41) is 3.50. The summed E-state index contributed by atoms with van der Waals surface area (Å²) in [4.78, 5) is 14.5. The number of nitrogens with one attached hydrogen (secondary N) is 1. The highest BCUT2D eigenvalue weighted by molar-refractivity contribution is 5.84. The zero-order valence-electron chi connectivity index (χ0n) is 13.0. The van der Waals surface area contributed by atoms with E-state index in [0.717, 1.165) is 19.4 Å². The molecule has 0 bridgehead atoms. The third kappa shape index (κ3) is 3.04. The maximum atomic E-state index is 12.5. The maximum Gasteiger partial charge on any atom is 0.241 e. The quantitative estimate of drug-likeness (QED) is 0.894. The number of nitrogens with zero attached hydrogens (tertiary/aromatic N) is 1. The van der Waals surface area contributed by atoms with Crippen molar-refractivity contribution in [3.63, 3.8) is 0 Å². The molecule has 1 amide bonds. The fourth-order valence-corrected chi connectivity index (χ4v) is 2.76. The van der Waals surface area contributed by atoms with Gasteiger partial charge in [0.05, 0.1) is 6.04 Å². The fourth-order valence-electron chi connectivity index (χ4n) is 2.76. The number of hydrogen-bond acceptors (Lipinski definition) is 2. The molecule has 20 heavy (non-hydrogen) atoms. The van der Waals surface area contributed by atoms with Gasteiger partial charge in [0, 0.05) is 6.54 Å². The van der Waals surface area contributed by atoms with Gasteiger partial charge in [-0.15, -0.1) is 0 Å². The molecule has 1 aliphatic heterocycles. The normalized spacial score (nSPS) is 22.9. The van der Waals surface area contributed by atoms with E-state index in [-0.39, 0.29) is 18.1 Å². The van der Waals surface area contributed by atoms with Gasteiger partial charge in [-0.2, -0.15) is 0 Å². The van der Waals surface area contributed by atoms with Crippen LogP contribution in [0, 0.1) is 12.8 Å². The molecule has 1 fully saturated rings. The van der Waals surface area contributed by atoms with Crippen LogP contribution in [-0.2, 0) is 4.79 Å². The minimum absolute atomic E-state index is 0.0346. The highest BCUT2D eigenvalue weighted by Gasteiger charge is 2.38. The van der Waals surface area contributed by atoms with Gasteiger partial charge in [-0.1, -0.05) is 45.0 Å². The third-order valence-corrected chi connectivity index (χ3v) is 4.09. The van der Waals surface area contributed by atoms with Crippen molar-refractivity contribution in [3.05, 3.63) is 35.4 Å². The Labute approximate surface area is 122 Å². The second kappa shape index (κ2) is 6.40. The molecule has 3 nitrogen and oxygen atoms in total. The van der Waals surface area contributed by atoms with Crippen LogP contribution in [0.2, 0.25) is 0 Å². The van der Waals surface area contributed by atoms with Gasteiger partial charge < -0.3 is 4.90 Å². The SMILES string of the molecule is CCC1NC(c2ccccc2C)N(CCC(C)C)C1=O. The molecule has 2 rings (SSSR count). The Morgan fingerprint density at radius 3 is 2.60 bits per heavy atom. The Morgan fingerprint density at radius 1 is 1.30 bits per heavy atom. The zero-order valence-corrected chi connectivity index (χ0v) is 13.0. The molecule has 1 aliphatic rings. The predicted octanol–water partition coefficient (Wildman–Crippen LogP) is 3.25. The summed E-state index contributed by atoms with van der Waals surface area (Å²) in [5.41, 5.74) is 2.46. The predicted molar refractivity (Wildman–Crippen MR) is 82.3 cm³/mol. The Hall–Kier alpha value is -1.35. The molecule has 1 heterocycles. The summed E-state index contributed by atoms with van der Waals surface area (Å²) < 4.78 is 0. The molecule has 110 valence electrons. The van der Waals surface area contributed by atoms with Crippen LogP contribution in [0.25, 0.3) is 0 Å². The van der Waals surface area contributed by atoms with E-state index in [9.17, 15) is 4.79 Å². The first-order chi connectivity index (χ1) is 9.54. The number of hydrogen-bond donors (Lipinski definition) is 1. The number of carbonyl (C=O) groups excluding carboxylic acids is 1. The molecule has 0 spiro atoms. The van der Waals surface area contributed by atoms with E-state index in [2.05, 4.69) is 45.1 Å². The minimum atomic E-state index is -0.0354.